The second kappa shape index (κ2) is 6.60. The number of hydrogen-bond donors (Lipinski definition) is 1. The molecule has 26 heavy (non-hydrogen) atoms. The number of nitrogens with zero attached hydrogens (tertiary/aromatic N) is 4. The topological polar surface area (TPSA) is 88.3 Å². The molecule has 2 aromatic heterocycles. The van der Waals surface area contributed by atoms with Gasteiger partial charge >= 0.3 is 12.1 Å². The van der Waals surface area contributed by atoms with Gasteiger partial charge in [-0.2, -0.15) is 23.0 Å². The molecule has 0 aromatic carbocycles. The number of carbonyl (C=O) groups is 1. The van der Waals surface area contributed by atoms with Crippen molar-refractivity contribution in [3.05, 3.63) is 45.5 Å². The smallest absolute Gasteiger partial charge is 0.417 e. The van der Waals surface area contributed by atoms with Gasteiger partial charge in [0.15, 0.2) is 5.82 Å². The van der Waals surface area contributed by atoms with Crippen LogP contribution >= 0.6 is 11.6 Å². The van der Waals surface area contributed by atoms with Crippen molar-refractivity contribution in [1.29, 1.82) is 0 Å². The maximum absolute atomic E-state index is 12.6. The second-order valence-electron chi connectivity index (χ2n) is 5.65. The van der Waals surface area contributed by atoms with Crippen LogP contribution in [-0.4, -0.2) is 38.4 Å². The molecule has 0 amide bonds. The van der Waals surface area contributed by atoms with Crippen LogP contribution < -0.4 is 10.5 Å². The molecule has 1 atom stereocenters. The van der Waals surface area contributed by atoms with Gasteiger partial charge in [-0.3, -0.25) is 4.79 Å². The third kappa shape index (κ3) is 3.24. The summed E-state index contributed by atoms with van der Waals surface area (Å²) in [7, 11) is 0. The van der Waals surface area contributed by atoms with Gasteiger partial charge in [0.25, 0.3) is 5.56 Å². The number of carboxylic acids is 1. The zero-order chi connectivity index (χ0) is 19.1. The molecule has 1 fully saturated rings. The molecule has 2 aromatic rings. The van der Waals surface area contributed by atoms with Gasteiger partial charge in [-0.25, -0.2) is 9.78 Å². The standard InChI is InChI=1S/C15H12ClF3N4O3/c16-12-10(22-5-1-2-9(22)14(25)26)7-21-23(13(12)24)11-4-3-8(6-20-11)15(17,18)19/h3-4,6-7,9H,1-2,5H2,(H,25,26)/t9-/m0/s1. The van der Waals surface area contributed by atoms with E-state index in [0.717, 1.165) is 16.8 Å². The van der Waals surface area contributed by atoms with Crippen LogP contribution in [0.1, 0.15) is 18.4 Å². The Balaban J connectivity index is 1.98. The Kier molecular flexibility index (Phi) is 4.61. The molecule has 0 radical (unpaired) electrons. The van der Waals surface area contributed by atoms with Crippen molar-refractivity contribution in [2.75, 3.05) is 11.4 Å². The molecule has 0 saturated carbocycles. The summed E-state index contributed by atoms with van der Waals surface area (Å²) in [5, 5.41) is 12.9. The molecule has 1 aliphatic rings. The summed E-state index contributed by atoms with van der Waals surface area (Å²) in [5.41, 5.74) is -1.59. The first-order valence-corrected chi connectivity index (χ1v) is 7.89. The molecule has 3 heterocycles. The fraction of sp³-hybridized carbons (Fsp3) is 0.333. The SMILES string of the molecule is O=C(O)[C@@H]1CCCN1c1cnn(-c2ccc(C(F)(F)F)cn2)c(=O)c1Cl. The van der Waals surface area contributed by atoms with Gasteiger partial charge in [0.2, 0.25) is 0 Å². The summed E-state index contributed by atoms with van der Waals surface area (Å²) in [6, 6.07) is 0.969. The lowest BCUT2D eigenvalue weighted by Gasteiger charge is -2.24. The molecular weight excluding hydrogens is 377 g/mol. The highest BCUT2D eigenvalue weighted by Gasteiger charge is 2.33. The molecule has 138 valence electrons. The number of halogens is 4. The van der Waals surface area contributed by atoms with Crippen molar-refractivity contribution in [2.45, 2.75) is 25.1 Å². The Morgan fingerprint density at radius 2 is 2.04 bits per heavy atom. The summed E-state index contributed by atoms with van der Waals surface area (Å²) in [5.74, 6) is -1.17. The van der Waals surface area contributed by atoms with E-state index in [2.05, 4.69) is 10.1 Å². The van der Waals surface area contributed by atoms with Crippen LogP contribution in [-0.2, 0) is 11.0 Å². The van der Waals surface area contributed by atoms with Crippen molar-refractivity contribution in [3.8, 4) is 5.82 Å². The molecule has 1 saturated heterocycles. The fourth-order valence-electron chi connectivity index (χ4n) is 2.78. The Morgan fingerprint density at radius 3 is 2.62 bits per heavy atom. The number of aliphatic carboxylic acids is 1. The van der Waals surface area contributed by atoms with Gasteiger partial charge in [-0.1, -0.05) is 11.6 Å². The molecule has 0 spiro atoms. The van der Waals surface area contributed by atoms with Gasteiger partial charge in [0, 0.05) is 12.7 Å². The van der Waals surface area contributed by atoms with Crippen molar-refractivity contribution >= 4 is 23.3 Å². The Morgan fingerprint density at radius 1 is 1.31 bits per heavy atom. The minimum atomic E-state index is -4.55. The summed E-state index contributed by atoms with van der Waals surface area (Å²) in [6.07, 6.45) is -1.71. The largest absolute Gasteiger partial charge is 0.480 e. The third-order valence-corrected chi connectivity index (χ3v) is 4.40. The summed E-state index contributed by atoms with van der Waals surface area (Å²) in [4.78, 5) is 28.8. The van der Waals surface area contributed by atoms with Crippen molar-refractivity contribution in [3.63, 3.8) is 0 Å². The number of anilines is 1. The van der Waals surface area contributed by atoms with Crippen LogP contribution in [0, 0.1) is 0 Å². The molecule has 1 N–H and O–H groups in total. The van der Waals surface area contributed by atoms with Crippen LogP contribution in [0.2, 0.25) is 5.02 Å². The molecule has 0 aliphatic carbocycles. The monoisotopic (exact) mass is 388 g/mol. The maximum Gasteiger partial charge on any atom is 0.417 e. The Labute approximate surface area is 149 Å². The molecule has 1 aliphatic heterocycles. The number of aromatic nitrogens is 3. The third-order valence-electron chi connectivity index (χ3n) is 4.04. The van der Waals surface area contributed by atoms with Gasteiger partial charge in [0.1, 0.15) is 11.1 Å². The van der Waals surface area contributed by atoms with Crippen LogP contribution in [0.25, 0.3) is 5.82 Å². The van der Waals surface area contributed by atoms with Gasteiger partial charge in [-0.05, 0) is 25.0 Å². The summed E-state index contributed by atoms with van der Waals surface area (Å²) in [6.45, 7) is 0.403. The lowest BCUT2D eigenvalue weighted by molar-refractivity contribution is -0.139. The number of carboxylic acid groups (broad SMARTS) is 1. The molecule has 0 bridgehead atoms. The Bertz CT molecular complexity index is 898. The van der Waals surface area contributed by atoms with Crippen molar-refractivity contribution < 1.29 is 23.1 Å². The first kappa shape index (κ1) is 18.2. The molecule has 11 heteroatoms. The lowest BCUT2D eigenvalue weighted by Crippen LogP contribution is -2.37. The van der Waals surface area contributed by atoms with E-state index in [1.54, 1.807) is 0 Å². The van der Waals surface area contributed by atoms with Crippen LogP contribution in [0.3, 0.4) is 0 Å². The van der Waals surface area contributed by atoms with Gasteiger partial charge in [0.05, 0.1) is 17.4 Å². The van der Waals surface area contributed by atoms with E-state index in [1.807, 2.05) is 0 Å². The van der Waals surface area contributed by atoms with E-state index in [1.165, 1.54) is 11.1 Å². The summed E-state index contributed by atoms with van der Waals surface area (Å²) >= 11 is 6.09. The minimum Gasteiger partial charge on any atom is -0.480 e. The van der Waals surface area contributed by atoms with Crippen molar-refractivity contribution in [2.24, 2.45) is 0 Å². The zero-order valence-electron chi connectivity index (χ0n) is 13.1. The normalized spacial score (nSPS) is 17.5. The predicted molar refractivity (Wildman–Crippen MR) is 85.6 cm³/mol. The zero-order valence-corrected chi connectivity index (χ0v) is 13.8. The highest BCUT2D eigenvalue weighted by molar-refractivity contribution is 6.33. The van der Waals surface area contributed by atoms with Crippen LogP contribution in [0.4, 0.5) is 18.9 Å². The average molecular weight is 389 g/mol. The highest BCUT2D eigenvalue weighted by atomic mass is 35.5. The maximum atomic E-state index is 12.6. The van der Waals surface area contributed by atoms with Gasteiger partial charge < -0.3 is 10.0 Å². The van der Waals surface area contributed by atoms with E-state index in [0.29, 0.717) is 25.6 Å². The van der Waals surface area contributed by atoms with Crippen LogP contribution in [0.15, 0.2) is 29.3 Å². The first-order valence-electron chi connectivity index (χ1n) is 7.51. The number of pyridine rings is 1. The molecule has 0 unspecified atom stereocenters. The first-order chi connectivity index (χ1) is 12.2. The molecular formula is C15H12ClF3N4O3. The van der Waals surface area contributed by atoms with Crippen molar-refractivity contribution in [1.82, 2.24) is 14.8 Å². The van der Waals surface area contributed by atoms with E-state index in [4.69, 9.17) is 11.6 Å². The number of alkyl halides is 3. The van der Waals surface area contributed by atoms with Gasteiger partial charge in [-0.15, -0.1) is 0 Å². The molecule has 7 nitrogen and oxygen atoms in total. The number of rotatable bonds is 3. The molecule has 3 rings (SSSR count). The van der Waals surface area contributed by atoms with E-state index in [9.17, 15) is 27.9 Å². The predicted octanol–water partition coefficient (Wildman–Crippen LogP) is 2.35. The fourth-order valence-corrected chi connectivity index (χ4v) is 3.02. The average Bonchev–Trinajstić information content (AvgIpc) is 3.06. The lowest BCUT2D eigenvalue weighted by atomic mass is 10.2. The Hall–Kier alpha value is -2.62. The highest BCUT2D eigenvalue weighted by Crippen LogP contribution is 2.30. The summed E-state index contributed by atoms with van der Waals surface area (Å²) < 4.78 is 38.5. The van der Waals surface area contributed by atoms with E-state index >= 15 is 0 Å². The second-order valence-corrected chi connectivity index (χ2v) is 6.03. The van der Waals surface area contributed by atoms with E-state index < -0.39 is 29.3 Å². The minimum absolute atomic E-state index is 0.132. The van der Waals surface area contributed by atoms with Crippen LogP contribution in [0.5, 0.6) is 0 Å². The number of hydrogen-bond acceptors (Lipinski definition) is 5. The van der Waals surface area contributed by atoms with E-state index in [-0.39, 0.29) is 16.5 Å². The quantitative estimate of drug-likeness (QED) is 0.868.